The van der Waals surface area contributed by atoms with Crippen LogP contribution in [-0.4, -0.2) is 16.5 Å². The van der Waals surface area contributed by atoms with Gasteiger partial charge >= 0.3 is 0 Å². The number of hydrogen-bond donors (Lipinski definition) is 2. The molecule has 2 rings (SSSR count). The van der Waals surface area contributed by atoms with Crippen LogP contribution in [0, 0.1) is 5.82 Å². The van der Waals surface area contributed by atoms with Crippen molar-refractivity contribution >= 4 is 49.2 Å². The van der Waals surface area contributed by atoms with Crippen molar-refractivity contribution in [2.75, 3.05) is 17.2 Å². The summed E-state index contributed by atoms with van der Waals surface area (Å²) in [6.07, 6.45) is 1.42. The van der Waals surface area contributed by atoms with Crippen LogP contribution in [0.15, 0.2) is 33.5 Å². The highest BCUT2D eigenvalue weighted by atomic mass is 79.9. The van der Waals surface area contributed by atoms with Crippen molar-refractivity contribution in [3.8, 4) is 0 Å². The number of nitrogens with zero attached hydrogens (tertiary/aromatic N) is 2. The third-order valence-corrected chi connectivity index (χ3v) is 3.56. The second-order valence-corrected chi connectivity index (χ2v) is 5.37. The van der Waals surface area contributed by atoms with Gasteiger partial charge < -0.3 is 10.6 Å². The van der Waals surface area contributed by atoms with Crippen LogP contribution in [0.25, 0.3) is 0 Å². The van der Waals surface area contributed by atoms with Gasteiger partial charge in [0.1, 0.15) is 28.3 Å². The quantitative estimate of drug-likeness (QED) is 0.817. The van der Waals surface area contributed by atoms with Gasteiger partial charge in [0.2, 0.25) is 0 Å². The van der Waals surface area contributed by atoms with Gasteiger partial charge in [-0.1, -0.05) is 15.9 Å². The number of rotatable bonds is 4. The molecule has 0 aliphatic carbocycles. The van der Waals surface area contributed by atoms with Crippen molar-refractivity contribution in [2.45, 2.75) is 6.92 Å². The molecule has 100 valence electrons. The summed E-state index contributed by atoms with van der Waals surface area (Å²) in [5.74, 6) is 0.814. The van der Waals surface area contributed by atoms with Gasteiger partial charge in [0.25, 0.3) is 0 Å². The van der Waals surface area contributed by atoms with E-state index in [1.807, 2.05) is 6.92 Å². The van der Waals surface area contributed by atoms with Crippen LogP contribution in [0.5, 0.6) is 0 Å². The Morgan fingerprint density at radius 1 is 1.21 bits per heavy atom. The van der Waals surface area contributed by atoms with Gasteiger partial charge in [-0.3, -0.25) is 0 Å². The van der Waals surface area contributed by atoms with E-state index in [0.29, 0.717) is 26.3 Å². The second-order valence-electron chi connectivity index (χ2n) is 3.66. The number of halogens is 3. The summed E-state index contributed by atoms with van der Waals surface area (Å²) < 4.78 is 15.1. The minimum atomic E-state index is -0.357. The molecule has 0 radical (unpaired) electrons. The molecular weight excluding hydrogens is 379 g/mol. The lowest BCUT2D eigenvalue weighted by atomic mass is 10.3. The van der Waals surface area contributed by atoms with E-state index in [4.69, 9.17) is 0 Å². The van der Waals surface area contributed by atoms with Crippen LogP contribution in [0.2, 0.25) is 0 Å². The fourth-order valence-electron chi connectivity index (χ4n) is 1.47. The van der Waals surface area contributed by atoms with Crippen molar-refractivity contribution < 1.29 is 4.39 Å². The Hall–Kier alpha value is -1.21. The first-order chi connectivity index (χ1) is 9.11. The summed E-state index contributed by atoms with van der Waals surface area (Å²) in [5, 5.41) is 6.02. The average Bonchev–Trinajstić information content (AvgIpc) is 2.37. The molecule has 0 aliphatic heterocycles. The summed E-state index contributed by atoms with van der Waals surface area (Å²) >= 11 is 6.61. The Morgan fingerprint density at radius 2 is 1.95 bits per heavy atom. The second kappa shape index (κ2) is 6.29. The lowest BCUT2D eigenvalue weighted by Gasteiger charge is -2.11. The molecule has 2 aromatic rings. The zero-order valence-electron chi connectivity index (χ0n) is 10.0. The lowest BCUT2D eigenvalue weighted by Crippen LogP contribution is -2.04. The third kappa shape index (κ3) is 3.42. The maximum atomic E-state index is 13.7. The number of nitrogens with one attached hydrogen (secondary N) is 2. The van der Waals surface area contributed by atoms with Crippen molar-refractivity contribution in [1.29, 1.82) is 0 Å². The number of hydrogen-bond acceptors (Lipinski definition) is 4. The van der Waals surface area contributed by atoms with E-state index in [2.05, 4.69) is 52.5 Å². The maximum Gasteiger partial charge on any atom is 0.150 e. The lowest BCUT2D eigenvalue weighted by molar-refractivity contribution is 0.631. The highest BCUT2D eigenvalue weighted by Gasteiger charge is 2.10. The van der Waals surface area contributed by atoms with Gasteiger partial charge in [-0.05, 0) is 41.1 Å². The molecule has 19 heavy (non-hydrogen) atoms. The molecule has 0 atom stereocenters. The van der Waals surface area contributed by atoms with E-state index in [1.165, 1.54) is 12.4 Å². The topological polar surface area (TPSA) is 49.8 Å². The normalized spacial score (nSPS) is 10.3. The van der Waals surface area contributed by atoms with Gasteiger partial charge in [0, 0.05) is 11.0 Å². The Kier molecular flexibility index (Phi) is 4.71. The smallest absolute Gasteiger partial charge is 0.150 e. The third-order valence-electron chi connectivity index (χ3n) is 2.32. The predicted molar refractivity (Wildman–Crippen MR) is 81.3 cm³/mol. The Balaban J connectivity index is 2.30. The zero-order chi connectivity index (χ0) is 13.8. The first-order valence-electron chi connectivity index (χ1n) is 5.58. The van der Waals surface area contributed by atoms with Crippen LogP contribution in [0.1, 0.15) is 6.92 Å². The van der Waals surface area contributed by atoms with E-state index < -0.39 is 0 Å². The largest absolute Gasteiger partial charge is 0.369 e. The van der Waals surface area contributed by atoms with E-state index in [9.17, 15) is 4.39 Å². The Labute approximate surface area is 127 Å². The van der Waals surface area contributed by atoms with Gasteiger partial charge in [0.05, 0.1) is 5.69 Å². The SMILES string of the molecule is CCNc1ncnc(Nc2ccc(Br)cc2F)c1Br. The summed E-state index contributed by atoms with van der Waals surface area (Å²) in [7, 11) is 0. The van der Waals surface area contributed by atoms with Crippen LogP contribution in [0.3, 0.4) is 0 Å². The van der Waals surface area contributed by atoms with E-state index in [1.54, 1.807) is 12.1 Å². The summed E-state index contributed by atoms with van der Waals surface area (Å²) in [6.45, 7) is 2.71. The van der Waals surface area contributed by atoms with E-state index in [-0.39, 0.29) is 5.82 Å². The summed E-state index contributed by atoms with van der Waals surface area (Å²) in [4.78, 5) is 8.19. The fraction of sp³-hybridized carbons (Fsp3) is 0.167. The fourth-order valence-corrected chi connectivity index (χ4v) is 2.24. The van der Waals surface area contributed by atoms with Crippen LogP contribution < -0.4 is 10.6 Å². The number of anilines is 3. The molecule has 0 fully saturated rings. The molecule has 0 spiro atoms. The van der Waals surface area contributed by atoms with Gasteiger partial charge in [0.15, 0.2) is 0 Å². The van der Waals surface area contributed by atoms with Gasteiger partial charge in [-0.15, -0.1) is 0 Å². The molecule has 1 heterocycles. The molecule has 1 aromatic carbocycles. The number of benzene rings is 1. The first kappa shape index (κ1) is 14.2. The van der Waals surface area contributed by atoms with Crippen molar-refractivity contribution in [3.05, 3.63) is 39.3 Å². The highest BCUT2D eigenvalue weighted by Crippen LogP contribution is 2.30. The molecule has 0 bridgehead atoms. The van der Waals surface area contributed by atoms with Crippen molar-refractivity contribution in [3.63, 3.8) is 0 Å². The molecule has 2 N–H and O–H groups in total. The molecule has 0 aliphatic rings. The first-order valence-corrected chi connectivity index (χ1v) is 7.17. The number of aromatic nitrogens is 2. The minimum Gasteiger partial charge on any atom is -0.369 e. The standard InChI is InChI=1S/C12H11Br2FN4/c1-2-16-11-10(14)12(18-6-17-11)19-9-4-3-7(13)5-8(9)15/h3-6H,2H2,1H3,(H2,16,17,18,19). The molecular formula is C12H11Br2FN4. The minimum absolute atomic E-state index is 0.352. The molecule has 7 heteroatoms. The molecule has 0 amide bonds. The maximum absolute atomic E-state index is 13.7. The highest BCUT2D eigenvalue weighted by molar-refractivity contribution is 9.11. The van der Waals surface area contributed by atoms with Gasteiger partial charge in [-0.2, -0.15) is 0 Å². The molecule has 0 saturated carbocycles. The molecule has 0 unspecified atom stereocenters. The molecule has 1 aromatic heterocycles. The van der Waals surface area contributed by atoms with Crippen LogP contribution in [-0.2, 0) is 0 Å². The summed E-state index contributed by atoms with van der Waals surface area (Å²) in [6, 6.07) is 4.79. The Bertz CT molecular complexity index is 592. The van der Waals surface area contributed by atoms with Crippen molar-refractivity contribution in [1.82, 2.24) is 9.97 Å². The zero-order valence-corrected chi connectivity index (χ0v) is 13.2. The average molecular weight is 390 g/mol. The van der Waals surface area contributed by atoms with E-state index >= 15 is 0 Å². The predicted octanol–water partition coefficient (Wildman–Crippen LogP) is 4.32. The Morgan fingerprint density at radius 3 is 2.63 bits per heavy atom. The molecule has 4 nitrogen and oxygen atoms in total. The van der Waals surface area contributed by atoms with Crippen molar-refractivity contribution in [2.24, 2.45) is 0 Å². The molecule has 0 saturated heterocycles. The van der Waals surface area contributed by atoms with Crippen LogP contribution in [0.4, 0.5) is 21.7 Å². The van der Waals surface area contributed by atoms with Gasteiger partial charge in [-0.25, -0.2) is 14.4 Å². The summed E-state index contributed by atoms with van der Waals surface area (Å²) in [5.41, 5.74) is 0.352. The monoisotopic (exact) mass is 388 g/mol. The van der Waals surface area contributed by atoms with E-state index in [0.717, 1.165) is 6.54 Å². The van der Waals surface area contributed by atoms with Crippen LogP contribution >= 0.6 is 31.9 Å².